The number of aryl methyl sites for hydroxylation is 1. The van der Waals surface area contributed by atoms with Crippen LogP contribution in [0.1, 0.15) is 5.56 Å². The van der Waals surface area contributed by atoms with Crippen molar-refractivity contribution in [2.24, 2.45) is 0 Å². The summed E-state index contributed by atoms with van der Waals surface area (Å²) in [5.41, 5.74) is 1.89. The first kappa shape index (κ1) is 9.21. The van der Waals surface area contributed by atoms with Crippen LogP contribution in [0.4, 0.5) is 5.95 Å². The Balaban J connectivity index is 2.14. The van der Waals surface area contributed by atoms with E-state index < -0.39 is 0 Å². The Labute approximate surface area is 92.3 Å². The molecule has 1 aromatic heterocycles. The molecule has 5 nitrogen and oxygen atoms in total. The first-order chi connectivity index (χ1) is 7.75. The fraction of sp³-hybridized carbons (Fsp3) is 0.273. The van der Waals surface area contributed by atoms with E-state index in [2.05, 4.69) is 10.4 Å². The normalized spacial score (nSPS) is 13.6. The molecule has 0 radical (unpaired) electrons. The van der Waals surface area contributed by atoms with Gasteiger partial charge in [0.1, 0.15) is 0 Å². The third-order valence-electron chi connectivity index (χ3n) is 2.76. The van der Waals surface area contributed by atoms with Gasteiger partial charge in [-0.15, -0.1) is 5.10 Å². The minimum Gasteiger partial charge on any atom is -0.352 e. The highest BCUT2D eigenvalue weighted by atomic mass is 16.2. The average Bonchev–Trinajstić information content (AvgIpc) is 2.84. The zero-order valence-electron chi connectivity index (χ0n) is 8.97. The van der Waals surface area contributed by atoms with Crippen molar-refractivity contribution in [3.8, 4) is 5.69 Å². The monoisotopic (exact) mass is 216 g/mol. The molecule has 0 saturated carbocycles. The third kappa shape index (κ3) is 1.25. The SMILES string of the molecule is Cc1ccc(-n2nc3n(c2=O)CCN3)cc1. The molecule has 0 atom stereocenters. The van der Waals surface area contributed by atoms with Gasteiger partial charge in [0.05, 0.1) is 5.69 Å². The van der Waals surface area contributed by atoms with Crippen LogP contribution in [0.2, 0.25) is 0 Å². The summed E-state index contributed by atoms with van der Waals surface area (Å²) < 4.78 is 3.08. The zero-order chi connectivity index (χ0) is 11.1. The van der Waals surface area contributed by atoms with E-state index in [0.29, 0.717) is 12.5 Å². The smallest absolute Gasteiger partial charge is 0.352 e. The number of anilines is 1. The van der Waals surface area contributed by atoms with Crippen LogP contribution in [-0.2, 0) is 6.54 Å². The summed E-state index contributed by atoms with van der Waals surface area (Å²) in [4.78, 5) is 12.0. The van der Waals surface area contributed by atoms with Gasteiger partial charge in [0.2, 0.25) is 5.95 Å². The maximum Gasteiger partial charge on any atom is 0.352 e. The van der Waals surface area contributed by atoms with E-state index in [1.807, 2.05) is 31.2 Å². The van der Waals surface area contributed by atoms with Crippen molar-refractivity contribution in [1.29, 1.82) is 0 Å². The molecular weight excluding hydrogens is 204 g/mol. The van der Waals surface area contributed by atoms with Gasteiger partial charge >= 0.3 is 5.69 Å². The maximum absolute atomic E-state index is 12.0. The van der Waals surface area contributed by atoms with Crippen molar-refractivity contribution in [1.82, 2.24) is 14.3 Å². The van der Waals surface area contributed by atoms with Crippen LogP contribution in [-0.4, -0.2) is 20.9 Å². The minimum absolute atomic E-state index is 0.0798. The molecular formula is C11H12N4O. The molecule has 0 bridgehead atoms. The summed E-state index contributed by atoms with van der Waals surface area (Å²) in [6, 6.07) is 7.75. The molecule has 1 N–H and O–H groups in total. The van der Waals surface area contributed by atoms with Crippen molar-refractivity contribution in [3.05, 3.63) is 40.3 Å². The highest BCUT2D eigenvalue weighted by molar-refractivity contribution is 5.36. The van der Waals surface area contributed by atoms with Gasteiger partial charge in [-0.2, -0.15) is 4.68 Å². The van der Waals surface area contributed by atoms with Crippen LogP contribution in [0.5, 0.6) is 0 Å². The second-order valence-corrected chi connectivity index (χ2v) is 3.93. The van der Waals surface area contributed by atoms with E-state index in [0.717, 1.165) is 12.2 Å². The molecule has 82 valence electrons. The molecule has 1 aromatic carbocycles. The number of fused-ring (bicyclic) bond motifs is 1. The number of nitrogens with zero attached hydrogens (tertiary/aromatic N) is 3. The first-order valence-electron chi connectivity index (χ1n) is 5.26. The molecule has 5 heteroatoms. The topological polar surface area (TPSA) is 51.9 Å². The predicted molar refractivity (Wildman–Crippen MR) is 61.1 cm³/mol. The Hall–Kier alpha value is -2.04. The molecule has 0 aliphatic carbocycles. The standard InChI is InChI=1S/C11H12N4O/c1-8-2-4-9(5-3-8)15-11(16)14-7-6-12-10(14)13-15/h2-5H,6-7H2,1H3,(H,12,13). The summed E-state index contributed by atoms with van der Waals surface area (Å²) in [7, 11) is 0. The zero-order valence-corrected chi connectivity index (χ0v) is 8.97. The lowest BCUT2D eigenvalue weighted by Crippen LogP contribution is -2.23. The van der Waals surface area contributed by atoms with Gasteiger partial charge in [-0.1, -0.05) is 17.7 Å². The molecule has 0 fully saturated rings. The van der Waals surface area contributed by atoms with Gasteiger partial charge in [-0.3, -0.25) is 4.57 Å². The lowest BCUT2D eigenvalue weighted by molar-refractivity contribution is 0.727. The lowest BCUT2D eigenvalue weighted by atomic mass is 10.2. The van der Waals surface area contributed by atoms with Gasteiger partial charge in [-0.05, 0) is 19.1 Å². The van der Waals surface area contributed by atoms with Crippen LogP contribution in [0.25, 0.3) is 5.69 Å². The first-order valence-corrected chi connectivity index (χ1v) is 5.26. The number of hydrogen-bond donors (Lipinski definition) is 1. The van der Waals surface area contributed by atoms with Crippen molar-refractivity contribution in [2.45, 2.75) is 13.5 Å². The Morgan fingerprint density at radius 1 is 1.31 bits per heavy atom. The predicted octanol–water partition coefficient (Wildman–Crippen LogP) is 0.768. The van der Waals surface area contributed by atoms with E-state index >= 15 is 0 Å². The molecule has 1 aliphatic heterocycles. The molecule has 0 spiro atoms. The molecule has 16 heavy (non-hydrogen) atoms. The number of nitrogens with one attached hydrogen (secondary N) is 1. The highest BCUT2D eigenvalue weighted by Crippen LogP contribution is 2.11. The Kier molecular flexibility index (Phi) is 1.86. The van der Waals surface area contributed by atoms with Crippen LogP contribution >= 0.6 is 0 Å². The summed E-state index contributed by atoms with van der Waals surface area (Å²) in [6.07, 6.45) is 0. The van der Waals surface area contributed by atoms with E-state index in [4.69, 9.17) is 0 Å². The number of rotatable bonds is 1. The Morgan fingerprint density at radius 2 is 2.06 bits per heavy atom. The summed E-state index contributed by atoms with van der Waals surface area (Å²) in [5, 5.41) is 7.32. The average molecular weight is 216 g/mol. The second kappa shape index (κ2) is 3.23. The van der Waals surface area contributed by atoms with E-state index in [9.17, 15) is 4.79 Å². The quantitative estimate of drug-likeness (QED) is 0.766. The maximum atomic E-state index is 12.0. The van der Waals surface area contributed by atoms with Gasteiger partial charge in [0, 0.05) is 13.1 Å². The number of hydrogen-bond acceptors (Lipinski definition) is 3. The van der Waals surface area contributed by atoms with Crippen molar-refractivity contribution in [2.75, 3.05) is 11.9 Å². The summed E-state index contributed by atoms with van der Waals surface area (Å²) in [6.45, 7) is 3.49. The van der Waals surface area contributed by atoms with Crippen LogP contribution in [0.15, 0.2) is 29.1 Å². The van der Waals surface area contributed by atoms with Crippen molar-refractivity contribution < 1.29 is 0 Å². The molecule has 2 heterocycles. The lowest BCUT2D eigenvalue weighted by Gasteiger charge is -2.00. The molecule has 1 aliphatic rings. The third-order valence-corrected chi connectivity index (χ3v) is 2.76. The summed E-state index contributed by atoms with van der Waals surface area (Å²) in [5.74, 6) is 0.658. The van der Waals surface area contributed by atoms with Gasteiger partial charge in [0.15, 0.2) is 0 Å². The van der Waals surface area contributed by atoms with Crippen molar-refractivity contribution >= 4 is 5.95 Å². The molecule has 0 unspecified atom stereocenters. The van der Waals surface area contributed by atoms with Crippen LogP contribution in [0.3, 0.4) is 0 Å². The van der Waals surface area contributed by atoms with Gasteiger partial charge in [0.25, 0.3) is 0 Å². The molecule has 0 saturated heterocycles. The van der Waals surface area contributed by atoms with E-state index in [-0.39, 0.29) is 5.69 Å². The second-order valence-electron chi connectivity index (χ2n) is 3.93. The fourth-order valence-electron chi connectivity index (χ4n) is 1.86. The van der Waals surface area contributed by atoms with E-state index in [1.165, 1.54) is 10.2 Å². The summed E-state index contributed by atoms with van der Waals surface area (Å²) >= 11 is 0. The van der Waals surface area contributed by atoms with Gasteiger partial charge in [-0.25, -0.2) is 4.79 Å². The largest absolute Gasteiger partial charge is 0.352 e. The van der Waals surface area contributed by atoms with Gasteiger partial charge < -0.3 is 5.32 Å². The molecule has 2 aromatic rings. The Morgan fingerprint density at radius 3 is 2.75 bits per heavy atom. The number of aromatic nitrogens is 3. The molecule has 0 amide bonds. The van der Waals surface area contributed by atoms with Crippen molar-refractivity contribution in [3.63, 3.8) is 0 Å². The molecule has 3 rings (SSSR count). The number of benzene rings is 1. The fourth-order valence-corrected chi connectivity index (χ4v) is 1.86. The minimum atomic E-state index is -0.0798. The Bertz CT molecular complexity index is 579. The highest BCUT2D eigenvalue weighted by Gasteiger charge is 2.18. The van der Waals surface area contributed by atoms with Crippen LogP contribution in [0, 0.1) is 6.92 Å². The van der Waals surface area contributed by atoms with Crippen LogP contribution < -0.4 is 11.0 Å². The van der Waals surface area contributed by atoms with E-state index in [1.54, 1.807) is 4.57 Å².